The Bertz CT molecular complexity index is 383. The monoisotopic (exact) mass is 263 g/mol. The van der Waals surface area contributed by atoms with Crippen LogP contribution in [-0.2, 0) is 6.42 Å². The van der Waals surface area contributed by atoms with E-state index in [0.29, 0.717) is 6.04 Å². The quantitative estimate of drug-likeness (QED) is 0.869. The first-order valence-corrected chi connectivity index (χ1v) is 8.16. The minimum Gasteiger partial charge on any atom is -0.313 e. The smallest absolute Gasteiger partial charge is 0.0226 e. The highest BCUT2D eigenvalue weighted by Crippen LogP contribution is 2.30. The van der Waals surface area contributed by atoms with Crippen molar-refractivity contribution in [2.24, 2.45) is 0 Å². The second-order valence-corrected chi connectivity index (χ2v) is 6.70. The van der Waals surface area contributed by atoms with Crippen molar-refractivity contribution in [2.75, 3.05) is 12.3 Å². The molecular weight excluding hydrogens is 238 g/mol. The van der Waals surface area contributed by atoms with E-state index < -0.39 is 0 Å². The Labute approximate surface area is 116 Å². The van der Waals surface area contributed by atoms with Gasteiger partial charge >= 0.3 is 0 Å². The normalized spacial score (nSPS) is 21.2. The Hall–Kier alpha value is -0.470. The predicted molar refractivity (Wildman–Crippen MR) is 82.6 cm³/mol. The molecular formula is C16H25NS. The van der Waals surface area contributed by atoms with Crippen LogP contribution >= 0.6 is 11.8 Å². The van der Waals surface area contributed by atoms with Gasteiger partial charge in [0.15, 0.2) is 0 Å². The Morgan fingerprint density at radius 1 is 1.39 bits per heavy atom. The van der Waals surface area contributed by atoms with Crippen molar-refractivity contribution in [3.8, 4) is 0 Å². The standard InChI is InChI=1S/C16H25NS/c1-4-17-15(16-6-5-9-18-16)11-14-10-12(2)7-8-13(14)3/h7-8,10,15-17H,4-6,9,11H2,1-3H3. The third-order valence-corrected chi connectivity index (χ3v) is 5.34. The van der Waals surface area contributed by atoms with Crippen LogP contribution in [-0.4, -0.2) is 23.6 Å². The summed E-state index contributed by atoms with van der Waals surface area (Å²) >= 11 is 2.16. The lowest BCUT2D eigenvalue weighted by atomic mass is 9.96. The van der Waals surface area contributed by atoms with Crippen LogP contribution < -0.4 is 5.32 Å². The number of aryl methyl sites for hydroxylation is 2. The lowest BCUT2D eigenvalue weighted by Crippen LogP contribution is -2.39. The number of thioether (sulfide) groups is 1. The van der Waals surface area contributed by atoms with Gasteiger partial charge in [0, 0.05) is 11.3 Å². The summed E-state index contributed by atoms with van der Waals surface area (Å²) in [5, 5.41) is 4.51. The van der Waals surface area contributed by atoms with Crippen molar-refractivity contribution in [2.45, 2.75) is 51.3 Å². The largest absolute Gasteiger partial charge is 0.313 e. The van der Waals surface area contributed by atoms with E-state index in [1.165, 1.54) is 41.7 Å². The summed E-state index contributed by atoms with van der Waals surface area (Å²) in [6.07, 6.45) is 3.95. The summed E-state index contributed by atoms with van der Waals surface area (Å²) in [5.74, 6) is 1.35. The maximum Gasteiger partial charge on any atom is 0.0226 e. The van der Waals surface area contributed by atoms with Crippen LogP contribution in [0, 0.1) is 13.8 Å². The Balaban J connectivity index is 2.09. The van der Waals surface area contributed by atoms with Crippen molar-refractivity contribution in [3.63, 3.8) is 0 Å². The van der Waals surface area contributed by atoms with E-state index in [0.717, 1.165) is 11.8 Å². The highest BCUT2D eigenvalue weighted by molar-refractivity contribution is 8.00. The van der Waals surface area contributed by atoms with Crippen molar-refractivity contribution in [1.82, 2.24) is 5.32 Å². The molecule has 0 radical (unpaired) electrons. The Morgan fingerprint density at radius 2 is 2.22 bits per heavy atom. The number of benzene rings is 1. The molecule has 1 aromatic rings. The molecule has 2 atom stereocenters. The molecule has 1 saturated heterocycles. The van der Waals surface area contributed by atoms with Gasteiger partial charge in [-0.15, -0.1) is 0 Å². The van der Waals surface area contributed by atoms with Crippen LogP contribution in [0.3, 0.4) is 0 Å². The van der Waals surface area contributed by atoms with Crippen molar-refractivity contribution in [3.05, 3.63) is 34.9 Å². The van der Waals surface area contributed by atoms with E-state index in [9.17, 15) is 0 Å². The first-order valence-electron chi connectivity index (χ1n) is 7.12. The molecule has 1 fully saturated rings. The third kappa shape index (κ3) is 3.52. The van der Waals surface area contributed by atoms with E-state index in [1.54, 1.807) is 0 Å². The molecule has 1 N–H and O–H groups in total. The van der Waals surface area contributed by atoms with Gasteiger partial charge < -0.3 is 5.32 Å². The maximum absolute atomic E-state index is 3.70. The van der Waals surface area contributed by atoms with Crippen LogP contribution in [0.15, 0.2) is 18.2 Å². The number of hydrogen-bond acceptors (Lipinski definition) is 2. The van der Waals surface area contributed by atoms with Crippen LogP contribution in [0.5, 0.6) is 0 Å². The predicted octanol–water partition coefficient (Wildman–Crippen LogP) is 3.72. The molecule has 18 heavy (non-hydrogen) atoms. The summed E-state index contributed by atoms with van der Waals surface area (Å²) < 4.78 is 0. The number of nitrogens with one attached hydrogen (secondary N) is 1. The third-order valence-electron chi connectivity index (χ3n) is 3.82. The van der Waals surface area contributed by atoms with Gasteiger partial charge in [-0.1, -0.05) is 30.7 Å². The summed E-state index contributed by atoms with van der Waals surface area (Å²) in [6, 6.07) is 7.48. The summed E-state index contributed by atoms with van der Waals surface area (Å²) in [6.45, 7) is 7.72. The summed E-state index contributed by atoms with van der Waals surface area (Å²) in [4.78, 5) is 0. The zero-order valence-electron chi connectivity index (χ0n) is 11.8. The van der Waals surface area contributed by atoms with Gasteiger partial charge in [0.1, 0.15) is 0 Å². The number of likely N-dealkylation sites (N-methyl/N-ethyl adjacent to an activating group) is 1. The molecule has 0 amide bonds. The fourth-order valence-electron chi connectivity index (χ4n) is 2.77. The molecule has 0 aliphatic carbocycles. The van der Waals surface area contributed by atoms with Crippen molar-refractivity contribution >= 4 is 11.8 Å². The molecule has 2 heteroatoms. The molecule has 1 aliphatic heterocycles. The fourth-order valence-corrected chi connectivity index (χ4v) is 4.17. The minimum absolute atomic E-state index is 0.642. The second kappa shape index (κ2) is 6.63. The summed E-state index contributed by atoms with van der Waals surface area (Å²) in [5.41, 5.74) is 4.34. The zero-order chi connectivity index (χ0) is 13.0. The van der Waals surface area contributed by atoms with Gasteiger partial charge in [-0.3, -0.25) is 0 Å². The Kier molecular flexibility index (Phi) is 5.13. The molecule has 1 heterocycles. The molecule has 0 spiro atoms. The van der Waals surface area contributed by atoms with Gasteiger partial charge in [0.25, 0.3) is 0 Å². The molecule has 1 nitrogen and oxygen atoms in total. The highest BCUT2D eigenvalue weighted by Gasteiger charge is 2.25. The van der Waals surface area contributed by atoms with Crippen LogP contribution in [0.1, 0.15) is 36.5 Å². The highest BCUT2D eigenvalue weighted by atomic mass is 32.2. The number of hydrogen-bond donors (Lipinski definition) is 1. The fraction of sp³-hybridized carbons (Fsp3) is 0.625. The maximum atomic E-state index is 3.70. The van der Waals surface area contributed by atoms with Gasteiger partial charge in [-0.25, -0.2) is 0 Å². The van der Waals surface area contributed by atoms with Gasteiger partial charge in [-0.05, 0) is 56.5 Å². The average molecular weight is 263 g/mol. The van der Waals surface area contributed by atoms with E-state index in [2.05, 4.69) is 56.0 Å². The molecule has 0 bridgehead atoms. The molecule has 2 unspecified atom stereocenters. The number of rotatable bonds is 5. The molecule has 100 valence electrons. The van der Waals surface area contributed by atoms with E-state index >= 15 is 0 Å². The first kappa shape index (κ1) is 14.0. The lowest BCUT2D eigenvalue weighted by Gasteiger charge is -2.24. The molecule has 1 aromatic carbocycles. The van der Waals surface area contributed by atoms with E-state index in [1.807, 2.05) is 0 Å². The zero-order valence-corrected chi connectivity index (χ0v) is 12.6. The average Bonchev–Trinajstić information content (AvgIpc) is 2.87. The lowest BCUT2D eigenvalue weighted by molar-refractivity contribution is 0.494. The molecule has 1 aliphatic rings. The second-order valence-electron chi connectivity index (χ2n) is 5.35. The first-order chi connectivity index (χ1) is 8.70. The van der Waals surface area contributed by atoms with Crippen molar-refractivity contribution in [1.29, 1.82) is 0 Å². The Morgan fingerprint density at radius 3 is 2.89 bits per heavy atom. The topological polar surface area (TPSA) is 12.0 Å². The summed E-state index contributed by atoms with van der Waals surface area (Å²) in [7, 11) is 0. The van der Waals surface area contributed by atoms with E-state index in [4.69, 9.17) is 0 Å². The molecule has 0 saturated carbocycles. The SMILES string of the molecule is CCNC(Cc1cc(C)ccc1C)C1CCCS1. The van der Waals surface area contributed by atoms with Crippen LogP contribution in [0.25, 0.3) is 0 Å². The van der Waals surface area contributed by atoms with Gasteiger partial charge in [0.05, 0.1) is 0 Å². The van der Waals surface area contributed by atoms with Crippen LogP contribution in [0.4, 0.5) is 0 Å². The van der Waals surface area contributed by atoms with Gasteiger partial charge in [0.2, 0.25) is 0 Å². The molecule has 2 rings (SSSR count). The van der Waals surface area contributed by atoms with Crippen molar-refractivity contribution < 1.29 is 0 Å². The minimum atomic E-state index is 0.642. The van der Waals surface area contributed by atoms with Crippen LogP contribution in [0.2, 0.25) is 0 Å². The van der Waals surface area contributed by atoms with Gasteiger partial charge in [-0.2, -0.15) is 11.8 Å². The van der Waals surface area contributed by atoms with E-state index in [-0.39, 0.29) is 0 Å². The molecule has 0 aromatic heterocycles.